The number of nitrogens with one attached hydrogen (secondary N) is 2. The normalized spacial score (nSPS) is 18.1. The molecule has 1 aromatic heterocycles. The largest absolute Gasteiger partial charge is 0.417 e. The van der Waals surface area contributed by atoms with Gasteiger partial charge in [-0.2, -0.15) is 13.2 Å². The Labute approximate surface area is 111 Å². The maximum Gasteiger partial charge on any atom is 0.417 e. The molecular weight excluding hydrogens is 273 g/mol. The number of aliphatic hydroxyl groups excluding tert-OH is 1. The SMILES string of the molecule is O=c1cc(C(F)(F)F)c2c3c(ccc2[nH]1)N[C@@H](CO)C3. The number of pyridine rings is 1. The number of alkyl halides is 3. The zero-order valence-corrected chi connectivity index (χ0v) is 10.2. The molecule has 3 rings (SSSR count). The number of H-pyrrole nitrogens is 1. The molecule has 0 saturated heterocycles. The van der Waals surface area contributed by atoms with Gasteiger partial charge in [-0.3, -0.25) is 4.79 Å². The lowest BCUT2D eigenvalue weighted by Gasteiger charge is -2.12. The van der Waals surface area contributed by atoms with Crippen molar-refractivity contribution in [2.75, 3.05) is 11.9 Å². The summed E-state index contributed by atoms with van der Waals surface area (Å²) in [5.74, 6) is 0. The van der Waals surface area contributed by atoms with E-state index < -0.39 is 17.3 Å². The van der Waals surface area contributed by atoms with E-state index in [4.69, 9.17) is 5.11 Å². The molecule has 1 aliphatic rings. The van der Waals surface area contributed by atoms with E-state index in [-0.39, 0.29) is 30.0 Å². The molecule has 0 fully saturated rings. The number of aliphatic hydroxyl groups is 1. The Bertz CT molecular complexity index is 737. The molecule has 4 nitrogen and oxygen atoms in total. The average molecular weight is 284 g/mol. The number of hydrogen-bond acceptors (Lipinski definition) is 3. The number of halogens is 3. The van der Waals surface area contributed by atoms with E-state index in [9.17, 15) is 18.0 Å². The van der Waals surface area contributed by atoms with E-state index in [0.29, 0.717) is 17.3 Å². The highest BCUT2D eigenvalue weighted by Crippen LogP contribution is 2.39. The van der Waals surface area contributed by atoms with Gasteiger partial charge in [-0.25, -0.2) is 0 Å². The van der Waals surface area contributed by atoms with Gasteiger partial charge in [-0.1, -0.05) is 0 Å². The van der Waals surface area contributed by atoms with Gasteiger partial charge in [0.25, 0.3) is 0 Å². The van der Waals surface area contributed by atoms with Crippen molar-refractivity contribution in [3.8, 4) is 0 Å². The Hall–Kier alpha value is -2.02. The van der Waals surface area contributed by atoms with Crippen molar-refractivity contribution in [2.24, 2.45) is 0 Å². The van der Waals surface area contributed by atoms with Crippen LogP contribution in [0.5, 0.6) is 0 Å². The van der Waals surface area contributed by atoms with Crippen molar-refractivity contribution < 1.29 is 18.3 Å². The molecule has 0 aliphatic carbocycles. The number of benzene rings is 1. The minimum absolute atomic E-state index is 0.00181. The van der Waals surface area contributed by atoms with E-state index in [1.54, 1.807) is 6.07 Å². The molecule has 0 bridgehead atoms. The van der Waals surface area contributed by atoms with Gasteiger partial charge in [0.2, 0.25) is 5.56 Å². The first-order valence-corrected chi connectivity index (χ1v) is 6.03. The number of aromatic nitrogens is 1. The zero-order valence-electron chi connectivity index (χ0n) is 10.2. The van der Waals surface area contributed by atoms with Gasteiger partial charge in [0.15, 0.2) is 0 Å². The lowest BCUT2D eigenvalue weighted by Crippen LogP contribution is -2.19. The third kappa shape index (κ3) is 1.94. The monoisotopic (exact) mass is 284 g/mol. The highest BCUT2D eigenvalue weighted by Gasteiger charge is 2.35. The van der Waals surface area contributed by atoms with Crippen LogP contribution in [-0.2, 0) is 12.6 Å². The summed E-state index contributed by atoms with van der Waals surface area (Å²) in [6.07, 6.45) is -4.31. The highest BCUT2D eigenvalue weighted by molar-refractivity contribution is 5.91. The van der Waals surface area contributed by atoms with Crippen molar-refractivity contribution in [1.29, 1.82) is 0 Å². The van der Waals surface area contributed by atoms with E-state index in [0.717, 1.165) is 0 Å². The summed E-state index contributed by atoms with van der Waals surface area (Å²) in [5.41, 5.74) is -0.522. The smallest absolute Gasteiger partial charge is 0.394 e. The topological polar surface area (TPSA) is 65.1 Å². The number of aromatic amines is 1. The van der Waals surface area contributed by atoms with E-state index in [1.165, 1.54) is 6.07 Å². The molecule has 1 aromatic carbocycles. The van der Waals surface area contributed by atoms with E-state index in [1.807, 2.05) is 0 Å². The van der Waals surface area contributed by atoms with Crippen molar-refractivity contribution in [2.45, 2.75) is 18.6 Å². The van der Waals surface area contributed by atoms with Crippen LogP contribution in [0.4, 0.5) is 18.9 Å². The fourth-order valence-electron chi connectivity index (χ4n) is 2.63. The minimum atomic E-state index is -4.60. The number of fused-ring (bicyclic) bond motifs is 3. The summed E-state index contributed by atoms with van der Waals surface area (Å²) < 4.78 is 39.4. The standard InChI is InChI=1S/C13H11F3N2O2/c14-13(15,16)8-4-11(20)18-10-2-1-9-7(12(8)10)3-6(5-19)17-9/h1-2,4,6,17,19H,3,5H2,(H,18,20)/t6-/m1/s1. The Kier molecular flexibility index (Phi) is 2.75. The van der Waals surface area contributed by atoms with Gasteiger partial charge in [-0.15, -0.1) is 0 Å². The second-order valence-corrected chi connectivity index (χ2v) is 4.79. The molecule has 0 amide bonds. The van der Waals surface area contributed by atoms with Gasteiger partial charge in [0, 0.05) is 22.7 Å². The molecular formula is C13H11F3N2O2. The molecule has 2 heterocycles. The van der Waals surface area contributed by atoms with Crippen LogP contribution in [0.3, 0.4) is 0 Å². The molecule has 7 heteroatoms. The van der Waals surface area contributed by atoms with Gasteiger partial charge in [-0.05, 0) is 24.1 Å². The molecule has 0 saturated carbocycles. The van der Waals surface area contributed by atoms with Crippen molar-refractivity contribution in [1.82, 2.24) is 4.98 Å². The lowest BCUT2D eigenvalue weighted by atomic mass is 9.99. The van der Waals surface area contributed by atoms with Crippen LogP contribution >= 0.6 is 0 Å². The first-order valence-electron chi connectivity index (χ1n) is 6.03. The van der Waals surface area contributed by atoms with Crippen LogP contribution < -0.4 is 10.9 Å². The van der Waals surface area contributed by atoms with Crippen molar-refractivity contribution in [3.05, 3.63) is 39.7 Å². The summed E-state index contributed by atoms with van der Waals surface area (Å²) in [7, 11) is 0. The highest BCUT2D eigenvalue weighted by atomic mass is 19.4. The fraction of sp³-hybridized carbons (Fsp3) is 0.308. The molecule has 0 unspecified atom stereocenters. The Morgan fingerprint density at radius 3 is 2.75 bits per heavy atom. The third-order valence-electron chi connectivity index (χ3n) is 3.45. The first-order chi connectivity index (χ1) is 9.40. The molecule has 0 spiro atoms. The zero-order chi connectivity index (χ0) is 14.5. The first kappa shape index (κ1) is 13.0. The molecule has 20 heavy (non-hydrogen) atoms. The maximum absolute atomic E-state index is 13.1. The Balaban J connectivity index is 2.35. The number of hydrogen-bond donors (Lipinski definition) is 3. The summed E-state index contributed by atoms with van der Waals surface area (Å²) in [6.45, 7) is -0.166. The molecule has 2 aromatic rings. The third-order valence-corrected chi connectivity index (χ3v) is 3.45. The Morgan fingerprint density at radius 1 is 1.35 bits per heavy atom. The van der Waals surface area contributed by atoms with Gasteiger partial charge < -0.3 is 15.4 Å². The summed E-state index contributed by atoms with van der Waals surface area (Å²) in [4.78, 5) is 13.8. The molecule has 1 aliphatic heterocycles. The van der Waals surface area contributed by atoms with Gasteiger partial charge in [0.05, 0.1) is 18.2 Å². The summed E-state index contributed by atoms with van der Waals surface area (Å²) in [6, 6.07) is 3.33. The van der Waals surface area contributed by atoms with Crippen LogP contribution in [0.1, 0.15) is 11.1 Å². The molecule has 0 radical (unpaired) electrons. The van der Waals surface area contributed by atoms with Crippen LogP contribution in [0.25, 0.3) is 10.9 Å². The second-order valence-electron chi connectivity index (χ2n) is 4.79. The number of anilines is 1. The van der Waals surface area contributed by atoms with Crippen molar-refractivity contribution >= 4 is 16.6 Å². The van der Waals surface area contributed by atoms with Crippen LogP contribution in [0.2, 0.25) is 0 Å². The molecule has 1 atom stereocenters. The van der Waals surface area contributed by atoms with Gasteiger partial charge in [0.1, 0.15) is 0 Å². The lowest BCUT2D eigenvalue weighted by molar-refractivity contribution is -0.136. The molecule has 106 valence electrons. The minimum Gasteiger partial charge on any atom is -0.394 e. The summed E-state index contributed by atoms with van der Waals surface area (Å²) in [5, 5.41) is 12.1. The van der Waals surface area contributed by atoms with E-state index >= 15 is 0 Å². The quantitative estimate of drug-likeness (QED) is 0.749. The second kappa shape index (κ2) is 4.24. The summed E-state index contributed by atoms with van der Waals surface area (Å²) >= 11 is 0. The Morgan fingerprint density at radius 2 is 2.10 bits per heavy atom. The van der Waals surface area contributed by atoms with E-state index in [2.05, 4.69) is 10.3 Å². The van der Waals surface area contributed by atoms with Crippen LogP contribution in [0.15, 0.2) is 23.0 Å². The van der Waals surface area contributed by atoms with Crippen LogP contribution in [0, 0.1) is 0 Å². The maximum atomic E-state index is 13.1. The van der Waals surface area contributed by atoms with Gasteiger partial charge >= 0.3 is 6.18 Å². The fourth-order valence-corrected chi connectivity index (χ4v) is 2.63. The van der Waals surface area contributed by atoms with Crippen LogP contribution in [-0.4, -0.2) is 22.7 Å². The predicted molar refractivity (Wildman–Crippen MR) is 67.8 cm³/mol. The average Bonchev–Trinajstić information content (AvgIpc) is 2.79. The number of rotatable bonds is 1. The molecule has 3 N–H and O–H groups in total. The van der Waals surface area contributed by atoms with Crippen molar-refractivity contribution in [3.63, 3.8) is 0 Å². The predicted octanol–water partition coefficient (Wildman–Crippen LogP) is 1.88.